The van der Waals surface area contributed by atoms with Gasteiger partial charge in [0.1, 0.15) is 11.5 Å². The van der Waals surface area contributed by atoms with Crippen LogP contribution >= 0.6 is 0 Å². The molecule has 3 nitrogen and oxygen atoms in total. The number of carbonyl (C=O) groups is 1. The molecule has 0 aliphatic heterocycles. The molecule has 0 atom stereocenters. The minimum absolute atomic E-state index is 0.403. The summed E-state index contributed by atoms with van der Waals surface area (Å²) in [6.07, 6.45) is 10.6. The monoisotopic (exact) mass is 288 g/mol. The van der Waals surface area contributed by atoms with Crippen LogP contribution in [-0.4, -0.2) is 19.0 Å². The molecule has 1 aromatic rings. The third kappa shape index (κ3) is 4.82. The summed E-state index contributed by atoms with van der Waals surface area (Å²) in [5.74, 6) is 3.59. The maximum Gasteiger partial charge on any atom is 0.163 e. The Balaban J connectivity index is 3.15. The Kier molecular flexibility index (Phi) is 6.30. The van der Waals surface area contributed by atoms with Crippen molar-refractivity contribution in [2.45, 2.75) is 52.1 Å². The van der Waals surface area contributed by atoms with Gasteiger partial charge in [0.2, 0.25) is 0 Å². The van der Waals surface area contributed by atoms with Gasteiger partial charge in [-0.3, -0.25) is 4.79 Å². The first kappa shape index (κ1) is 17.1. The van der Waals surface area contributed by atoms with E-state index in [-0.39, 0.29) is 0 Å². The first-order chi connectivity index (χ1) is 9.97. The topological polar surface area (TPSA) is 35.5 Å². The summed E-state index contributed by atoms with van der Waals surface area (Å²) in [5, 5.41) is 0. The SMILES string of the molecule is C#CC(C)(C)Oc1cc(CCCCC)cc(OC)c1C=O. The Bertz CT molecular complexity index is 524. The van der Waals surface area contributed by atoms with Crippen molar-refractivity contribution in [3.63, 3.8) is 0 Å². The number of hydrogen-bond acceptors (Lipinski definition) is 3. The standard InChI is InChI=1S/C18H24O3/c1-6-8-9-10-14-11-16(20-5)15(13-19)17(12-14)21-18(3,4)7-2/h2,11-13H,6,8-10H2,1,3-5H3. The van der Waals surface area contributed by atoms with Gasteiger partial charge in [0.25, 0.3) is 0 Å². The molecular weight excluding hydrogens is 264 g/mol. The molecule has 3 heteroatoms. The van der Waals surface area contributed by atoms with E-state index in [1.165, 1.54) is 6.42 Å². The fourth-order valence-electron chi connectivity index (χ4n) is 2.05. The molecule has 0 fully saturated rings. The first-order valence-corrected chi connectivity index (χ1v) is 7.30. The summed E-state index contributed by atoms with van der Waals surface area (Å²) in [5.41, 5.74) is 0.721. The van der Waals surface area contributed by atoms with Crippen molar-refractivity contribution in [2.75, 3.05) is 7.11 Å². The number of methoxy groups -OCH3 is 1. The largest absolute Gasteiger partial charge is 0.496 e. The van der Waals surface area contributed by atoms with Gasteiger partial charge >= 0.3 is 0 Å². The molecule has 0 unspecified atom stereocenters. The summed E-state index contributed by atoms with van der Waals surface area (Å²) in [7, 11) is 1.55. The van der Waals surface area contributed by atoms with Crippen LogP contribution < -0.4 is 9.47 Å². The molecule has 0 aliphatic rings. The van der Waals surface area contributed by atoms with Crippen LogP contribution in [0.1, 0.15) is 56.0 Å². The lowest BCUT2D eigenvalue weighted by Crippen LogP contribution is -2.26. The smallest absolute Gasteiger partial charge is 0.163 e. The zero-order valence-electron chi connectivity index (χ0n) is 13.4. The number of unbranched alkanes of at least 4 members (excludes halogenated alkanes) is 2. The Morgan fingerprint density at radius 2 is 1.95 bits per heavy atom. The van der Waals surface area contributed by atoms with E-state index in [1.807, 2.05) is 12.1 Å². The lowest BCUT2D eigenvalue weighted by Gasteiger charge is -2.22. The highest BCUT2D eigenvalue weighted by atomic mass is 16.5. The summed E-state index contributed by atoms with van der Waals surface area (Å²) in [6.45, 7) is 5.75. The Morgan fingerprint density at radius 1 is 1.29 bits per heavy atom. The molecule has 1 rings (SSSR count). The van der Waals surface area contributed by atoms with Gasteiger partial charge in [-0.25, -0.2) is 0 Å². The number of ether oxygens (including phenoxy) is 2. The summed E-state index contributed by atoms with van der Waals surface area (Å²) < 4.78 is 11.1. The Morgan fingerprint density at radius 3 is 2.48 bits per heavy atom. The quantitative estimate of drug-likeness (QED) is 0.411. The number of rotatable bonds is 8. The fourth-order valence-corrected chi connectivity index (χ4v) is 2.05. The minimum atomic E-state index is -0.773. The van der Waals surface area contributed by atoms with Gasteiger partial charge in [0, 0.05) is 0 Å². The summed E-state index contributed by atoms with van der Waals surface area (Å²) in [4.78, 5) is 11.3. The van der Waals surface area contributed by atoms with Crippen molar-refractivity contribution >= 4 is 6.29 Å². The number of hydrogen-bond donors (Lipinski definition) is 0. The minimum Gasteiger partial charge on any atom is -0.496 e. The third-order valence-electron chi connectivity index (χ3n) is 3.28. The predicted molar refractivity (Wildman–Crippen MR) is 85.2 cm³/mol. The van der Waals surface area contributed by atoms with Crippen molar-refractivity contribution in [2.24, 2.45) is 0 Å². The number of aldehydes is 1. The van der Waals surface area contributed by atoms with Crippen LogP contribution in [-0.2, 0) is 6.42 Å². The van der Waals surface area contributed by atoms with Crippen LogP contribution in [0.4, 0.5) is 0 Å². The predicted octanol–water partition coefficient (Wildman–Crippen LogP) is 4.03. The second kappa shape index (κ2) is 7.73. The lowest BCUT2D eigenvalue weighted by atomic mass is 10.0. The van der Waals surface area contributed by atoms with Crippen LogP contribution in [0.15, 0.2) is 12.1 Å². The van der Waals surface area contributed by atoms with Crippen LogP contribution in [0.2, 0.25) is 0 Å². The van der Waals surface area contributed by atoms with Crippen LogP contribution in [0, 0.1) is 12.3 Å². The fraction of sp³-hybridized carbons (Fsp3) is 0.500. The average molecular weight is 288 g/mol. The molecule has 0 radical (unpaired) electrons. The number of aryl methyl sites for hydroxylation is 1. The van der Waals surface area contributed by atoms with Crippen molar-refractivity contribution < 1.29 is 14.3 Å². The van der Waals surface area contributed by atoms with Gasteiger partial charge in [-0.2, -0.15) is 0 Å². The molecule has 0 bridgehead atoms. The third-order valence-corrected chi connectivity index (χ3v) is 3.28. The highest BCUT2D eigenvalue weighted by Crippen LogP contribution is 2.32. The molecule has 21 heavy (non-hydrogen) atoms. The molecule has 0 amide bonds. The van der Waals surface area contributed by atoms with Gasteiger partial charge in [0.15, 0.2) is 11.9 Å². The van der Waals surface area contributed by atoms with Crippen LogP contribution in [0.3, 0.4) is 0 Å². The van der Waals surface area contributed by atoms with E-state index in [0.29, 0.717) is 17.1 Å². The highest BCUT2D eigenvalue weighted by molar-refractivity contribution is 5.84. The maximum atomic E-state index is 11.3. The molecule has 0 spiro atoms. The van der Waals surface area contributed by atoms with Gasteiger partial charge in [-0.1, -0.05) is 25.7 Å². The summed E-state index contributed by atoms with van der Waals surface area (Å²) >= 11 is 0. The van der Waals surface area contributed by atoms with E-state index in [2.05, 4.69) is 12.8 Å². The van der Waals surface area contributed by atoms with E-state index in [9.17, 15) is 4.79 Å². The molecule has 0 aromatic heterocycles. The van der Waals surface area contributed by atoms with Crippen molar-refractivity contribution in [3.8, 4) is 23.8 Å². The van der Waals surface area contributed by atoms with Gasteiger partial charge < -0.3 is 9.47 Å². The molecular formula is C18H24O3. The van der Waals surface area contributed by atoms with Gasteiger partial charge in [-0.15, -0.1) is 6.42 Å². The Labute approximate surface area is 127 Å². The number of carbonyl (C=O) groups excluding carboxylic acids is 1. The zero-order valence-corrected chi connectivity index (χ0v) is 13.4. The normalized spacial score (nSPS) is 10.8. The van der Waals surface area contributed by atoms with Gasteiger partial charge in [-0.05, 0) is 44.4 Å². The number of benzene rings is 1. The summed E-state index contributed by atoms with van der Waals surface area (Å²) in [6, 6.07) is 3.79. The molecule has 1 aromatic carbocycles. The van der Waals surface area contributed by atoms with Crippen molar-refractivity contribution in [1.82, 2.24) is 0 Å². The Hall–Kier alpha value is -1.95. The van der Waals surface area contributed by atoms with E-state index >= 15 is 0 Å². The molecule has 0 N–H and O–H groups in total. The lowest BCUT2D eigenvalue weighted by molar-refractivity contribution is 0.110. The zero-order chi connectivity index (χ0) is 15.9. The van der Waals surface area contributed by atoms with Gasteiger partial charge in [0.05, 0.1) is 12.7 Å². The second-order valence-electron chi connectivity index (χ2n) is 5.54. The van der Waals surface area contributed by atoms with E-state index in [0.717, 1.165) is 31.1 Å². The van der Waals surface area contributed by atoms with Crippen LogP contribution in [0.5, 0.6) is 11.5 Å². The van der Waals surface area contributed by atoms with Crippen molar-refractivity contribution in [3.05, 3.63) is 23.3 Å². The average Bonchev–Trinajstić information content (AvgIpc) is 2.46. The molecule has 0 heterocycles. The van der Waals surface area contributed by atoms with E-state index in [4.69, 9.17) is 15.9 Å². The maximum absolute atomic E-state index is 11.3. The highest BCUT2D eigenvalue weighted by Gasteiger charge is 2.20. The second-order valence-corrected chi connectivity index (χ2v) is 5.54. The number of terminal acetylenes is 1. The molecule has 0 saturated heterocycles. The van der Waals surface area contributed by atoms with Crippen molar-refractivity contribution in [1.29, 1.82) is 0 Å². The first-order valence-electron chi connectivity index (χ1n) is 7.30. The molecule has 114 valence electrons. The van der Waals surface area contributed by atoms with E-state index in [1.54, 1.807) is 21.0 Å². The molecule has 0 aliphatic carbocycles. The molecule has 0 saturated carbocycles. The van der Waals surface area contributed by atoms with E-state index < -0.39 is 5.60 Å². The van der Waals surface area contributed by atoms with Crippen LogP contribution in [0.25, 0.3) is 0 Å².